The average Bonchev–Trinajstić information content (AvgIpc) is 3.33. The predicted molar refractivity (Wildman–Crippen MR) is 107 cm³/mol. The highest BCUT2D eigenvalue weighted by Crippen LogP contribution is 2.39. The fourth-order valence-corrected chi connectivity index (χ4v) is 4.04. The molecule has 0 spiro atoms. The Hall–Kier alpha value is -3.29. The zero-order valence-electron chi connectivity index (χ0n) is 15.1. The van der Waals surface area contributed by atoms with E-state index < -0.39 is 11.9 Å². The van der Waals surface area contributed by atoms with Gasteiger partial charge in [0, 0.05) is 34.5 Å². The number of hydrogen-bond acceptors (Lipinski definition) is 4. The molecule has 144 valence electrons. The van der Waals surface area contributed by atoms with Gasteiger partial charge in [-0.3, -0.25) is 4.79 Å². The minimum atomic E-state index is -0.550. The van der Waals surface area contributed by atoms with Crippen LogP contribution in [0.5, 0.6) is 0 Å². The maximum absolute atomic E-state index is 13.8. The Bertz CT molecular complexity index is 1290. The lowest BCUT2D eigenvalue weighted by Gasteiger charge is -2.18. The van der Waals surface area contributed by atoms with Crippen LogP contribution in [0.1, 0.15) is 33.1 Å². The number of nitrogens with zero attached hydrogens (tertiary/aromatic N) is 3. The van der Waals surface area contributed by atoms with Crippen molar-refractivity contribution in [2.24, 2.45) is 5.73 Å². The number of benzene rings is 2. The van der Waals surface area contributed by atoms with Gasteiger partial charge in [-0.25, -0.2) is 13.9 Å². The zero-order chi connectivity index (χ0) is 20.1. The van der Waals surface area contributed by atoms with E-state index in [1.54, 1.807) is 4.52 Å². The van der Waals surface area contributed by atoms with E-state index in [2.05, 4.69) is 15.4 Å². The summed E-state index contributed by atoms with van der Waals surface area (Å²) in [4.78, 5) is 16.9. The molecule has 1 aliphatic heterocycles. The van der Waals surface area contributed by atoms with Crippen molar-refractivity contribution in [3.8, 4) is 11.1 Å². The fourth-order valence-electron chi connectivity index (χ4n) is 3.82. The lowest BCUT2D eigenvalue weighted by atomic mass is 9.90. The van der Waals surface area contributed by atoms with Crippen LogP contribution in [0, 0.1) is 5.82 Å². The van der Waals surface area contributed by atoms with Gasteiger partial charge in [-0.05, 0) is 59.2 Å². The Labute approximate surface area is 170 Å². The molecule has 3 N–H and O–H groups in total. The van der Waals surface area contributed by atoms with Gasteiger partial charge in [-0.15, -0.1) is 0 Å². The van der Waals surface area contributed by atoms with Crippen molar-refractivity contribution in [2.45, 2.75) is 12.6 Å². The summed E-state index contributed by atoms with van der Waals surface area (Å²) in [5.74, 6) is -0.664. The molecule has 0 fully saturated rings. The van der Waals surface area contributed by atoms with Gasteiger partial charge in [0.1, 0.15) is 12.1 Å². The number of hydrogen-bond donors (Lipinski definition) is 2. The first-order valence-corrected chi connectivity index (χ1v) is 9.35. The van der Waals surface area contributed by atoms with Crippen LogP contribution in [0.3, 0.4) is 0 Å². The standard InChI is InChI=1S/C21H15ClFN5O/c22-17-3-2-14(23)7-15(17)20-19-13(8-24)5-12(6-16(19)21(29)27-20)11-1-4-18-25-10-26-28(18)9-11/h1-7,9-10,20H,8,24H2,(H,27,29). The molecule has 0 saturated carbocycles. The average molecular weight is 408 g/mol. The molecule has 0 aliphatic carbocycles. The van der Waals surface area contributed by atoms with Crippen molar-refractivity contribution in [1.29, 1.82) is 0 Å². The van der Waals surface area contributed by atoms with Gasteiger partial charge in [0.25, 0.3) is 5.91 Å². The summed E-state index contributed by atoms with van der Waals surface area (Å²) in [6.07, 6.45) is 3.33. The van der Waals surface area contributed by atoms with E-state index >= 15 is 0 Å². The molecule has 6 nitrogen and oxygen atoms in total. The molecule has 3 heterocycles. The molecule has 1 amide bonds. The van der Waals surface area contributed by atoms with E-state index in [4.69, 9.17) is 17.3 Å². The van der Waals surface area contributed by atoms with Crippen LogP contribution < -0.4 is 11.1 Å². The largest absolute Gasteiger partial charge is 0.341 e. The van der Waals surface area contributed by atoms with Gasteiger partial charge in [-0.2, -0.15) is 5.10 Å². The molecule has 2 aromatic carbocycles. The summed E-state index contributed by atoms with van der Waals surface area (Å²) in [6.45, 7) is 0.222. The molecule has 0 saturated heterocycles. The Balaban J connectivity index is 1.68. The van der Waals surface area contributed by atoms with Gasteiger partial charge in [-0.1, -0.05) is 11.6 Å². The van der Waals surface area contributed by atoms with Gasteiger partial charge in [0.05, 0.1) is 6.04 Å². The zero-order valence-corrected chi connectivity index (χ0v) is 15.8. The monoisotopic (exact) mass is 407 g/mol. The second-order valence-corrected chi connectivity index (χ2v) is 7.26. The molecule has 4 aromatic rings. The first kappa shape index (κ1) is 17.8. The smallest absolute Gasteiger partial charge is 0.252 e. The second kappa shape index (κ2) is 6.65. The molecule has 0 bridgehead atoms. The van der Waals surface area contributed by atoms with E-state index in [1.807, 2.05) is 30.5 Å². The van der Waals surface area contributed by atoms with Crippen LogP contribution in [0.15, 0.2) is 55.0 Å². The normalized spacial score (nSPS) is 15.6. The highest BCUT2D eigenvalue weighted by molar-refractivity contribution is 6.31. The fraction of sp³-hybridized carbons (Fsp3) is 0.0952. The van der Waals surface area contributed by atoms with Gasteiger partial charge in [0.15, 0.2) is 5.65 Å². The van der Waals surface area contributed by atoms with E-state index in [0.717, 1.165) is 27.9 Å². The van der Waals surface area contributed by atoms with E-state index in [-0.39, 0.29) is 12.5 Å². The molecule has 1 aliphatic rings. The molecule has 8 heteroatoms. The molecule has 29 heavy (non-hydrogen) atoms. The van der Waals surface area contributed by atoms with Crippen LogP contribution in [0.4, 0.5) is 4.39 Å². The Morgan fingerprint density at radius 1 is 1.17 bits per heavy atom. The Morgan fingerprint density at radius 3 is 2.86 bits per heavy atom. The number of rotatable bonds is 3. The summed E-state index contributed by atoms with van der Waals surface area (Å²) in [5.41, 5.74) is 11.0. The third-order valence-corrected chi connectivity index (χ3v) is 5.52. The second-order valence-electron chi connectivity index (χ2n) is 6.85. The summed E-state index contributed by atoms with van der Waals surface area (Å²) in [6, 6.07) is 11.1. The van der Waals surface area contributed by atoms with Crippen LogP contribution in [0.25, 0.3) is 16.8 Å². The highest BCUT2D eigenvalue weighted by Gasteiger charge is 2.33. The van der Waals surface area contributed by atoms with Crippen molar-refractivity contribution in [3.05, 3.63) is 88.1 Å². The third-order valence-electron chi connectivity index (χ3n) is 5.17. The number of amides is 1. The van der Waals surface area contributed by atoms with E-state index in [0.29, 0.717) is 16.1 Å². The topological polar surface area (TPSA) is 85.3 Å². The lowest BCUT2D eigenvalue weighted by Crippen LogP contribution is -2.20. The molecule has 2 aromatic heterocycles. The van der Waals surface area contributed by atoms with Gasteiger partial charge < -0.3 is 11.1 Å². The van der Waals surface area contributed by atoms with Gasteiger partial charge >= 0.3 is 0 Å². The first-order chi connectivity index (χ1) is 14.0. The van der Waals surface area contributed by atoms with Crippen molar-refractivity contribution >= 4 is 23.2 Å². The number of carbonyl (C=O) groups excluding carboxylic acids is 1. The quantitative estimate of drug-likeness (QED) is 0.544. The van der Waals surface area contributed by atoms with Crippen molar-refractivity contribution in [3.63, 3.8) is 0 Å². The number of nitrogens with one attached hydrogen (secondary N) is 1. The molecular formula is C21H15ClFN5O. The first-order valence-electron chi connectivity index (χ1n) is 8.97. The van der Waals surface area contributed by atoms with Crippen LogP contribution in [0.2, 0.25) is 5.02 Å². The van der Waals surface area contributed by atoms with Crippen LogP contribution >= 0.6 is 11.6 Å². The minimum absolute atomic E-state index is 0.222. The van der Waals surface area contributed by atoms with Gasteiger partial charge in [0.2, 0.25) is 0 Å². The summed E-state index contributed by atoms with van der Waals surface area (Å²) in [7, 11) is 0. The number of carbonyl (C=O) groups is 1. The Morgan fingerprint density at radius 2 is 2.03 bits per heavy atom. The number of pyridine rings is 1. The number of nitrogens with two attached hydrogens (primary N) is 1. The highest BCUT2D eigenvalue weighted by atomic mass is 35.5. The number of fused-ring (bicyclic) bond motifs is 2. The van der Waals surface area contributed by atoms with Crippen LogP contribution in [-0.4, -0.2) is 20.5 Å². The number of halogens is 2. The maximum atomic E-state index is 13.8. The number of aromatic nitrogens is 3. The molecule has 1 atom stereocenters. The predicted octanol–water partition coefficient (Wildman–Crippen LogP) is 3.48. The van der Waals surface area contributed by atoms with E-state index in [9.17, 15) is 9.18 Å². The minimum Gasteiger partial charge on any atom is -0.341 e. The Kier molecular flexibility index (Phi) is 4.08. The third kappa shape index (κ3) is 2.86. The maximum Gasteiger partial charge on any atom is 0.252 e. The SMILES string of the molecule is NCc1cc(-c2ccc3ncnn3c2)cc2c1C(c1cc(F)ccc1Cl)NC2=O. The van der Waals surface area contributed by atoms with Crippen molar-refractivity contribution in [2.75, 3.05) is 0 Å². The summed E-state index contributed by atoms with van der Waals surface area (Å²) < 4.78 is 15.5. The molecule has 1 unspecified atom stereocenters. The molecular weight excluding hydrogens is 393 g/mol. The molecule has 0 radical (unpaired) electrons. The van der Waals surface area contributed by atoms with E-state index in [1.165, 1.54) is 24.5 Å². The summed E-state index contributed by atoms with van der Waals surface area (Å²) in [5, 5.41) is 7.45. The summed E-state index contributed by atoms with van der Waals surface area (Å²) >= 11 is 6.29. The lowest BCUT2D eigenvalue weighted by molar-refractivity contribution is 0.0960. The molecule has 5 rings (SSSR count). The van der Waals surface area contributed by atoms with Crippen molar-refractivity contribution in [1.82, 2.24) is 19.9 Å². The van der Waals surface area contributed by atoms with Crippen LogP contribution in [-0.2, 0) is 6.54 Å². The van der Waals surface area contributed by atoms with Crippen molar-refractivity contribution < 1.29 is 9.18 Å².